The summed E-state index contributed by atoms with van der Waals surface area (Å²) in [7, 11) is 0. The Morgan fingerprint density at radius 3 is 2.33 bits per heavy atom. The van der Waals surface area contributed by atoms with Crippen LogP contribution in [-0.4, -0.2) is 9.02 Å². The maximum Gasteiger partial charge on any atom is 0.186 e. The van der Waals surface area contributed by atoms with Gasteiger partial charge in [0, 0.05) is 0 Å². The molecule has 1 aliphatic rings. The van der Waals surface area contributed by atoms with Gasteiger partial charge in [-0.25, -0.2) is 0 Å². The molecule has 0 atom stereocenters. The summed E-state index contributed by atoms with van der Waals surface area (Å²) in [5.41, 5.74) is 0. The Labute approximate surface area is 70.1 Å². The molecule has 0 aromatic rings. The van der Waals surface area contributed by atoms with Crippen LogP contribution in [0.3, 0.4) is 0 Å². The molecule has 0 spiro atoms. The third kappa shape index (κ3) is 1.52. The van der Waals surface area contributed by atoms with E-state index >= 15 is 0 Å². The molecular formula is C6H4Br2O. The van der Waals surface area contributed by atoms with Crippen molar-refractivity contribution in [1.82, 2.24) is 0 Å². The highest BCUT2D eigenvalue weighted by atomic mass is 79.9. The second kappa shape index (κ2) is 2.39. The quantitative estimate of drug-likeness (QED) is 0.604. The van der Waals surface area contributed by atoms with Crippen molar-refractivity contribution in [2.24, 2.45) is 0 Å². The molecule has 0 aliphatic heterocycles. The van der Waals surface area contributed by atoms with Crippen molar-refractivity contribution in [2.75, 3.05) is 0 Å². The Balaban J connectivity index is 2.91. The Morgan fingerprint density at radius 1 is 1.33 bits per heavy atom. The van der Waals surface area contributed by atoms with Gasteiger partial charge in [-0.05, 0) is 12.2 Å². The number of halogens is 2. The molecule has 3 heteroatoms. The molecular weight excluding hydrogens is 248 g/mol. The molecule has 0 fully saturated rings. The van der Waals surface area contributed by atoms with Crippen LogP contribution in [0.4, 0.5) is 0 Å². The largest absolute Gasteiger partial charge is 0.292 e. The molecule has 1 rings (SSSR count). The first-order valence-corrected chi connectivity index (χ1v) is 4.00. The van der Waals surface area contributed by atoms with Gasteiger partial charge in [-0.15, -0.1) is 0 Å². The second-order valence-electron chi connectivity index (χ2n) is 1.71. The molecule has 1 nitrogen and oxygen atoms in total. The molecule has 9 heavy (non-hydrogen) atoms. The van der Waals surface area contributed by atoms with E-state index < -0.39 is 3.23 Å². The summed E-state index contributed by atoms with van der Waals surface area (Å²) in [5, 5.41) is 0. The molecule has 0 radical (unpaired) electrons. The van der Waals surface area contributed by atoms with E-state index in [9.17, 15) is 4.79 Å². The van der Waals surface area contributed by atoms with Crippen molar-refractivity contribution in [2.45, 2.75) is 3.23 Å². The smallest absolute Gasteiger partial charge is 0.186 e. The minimum Gasteiger partial charge on any atom is -0.292 e. The molecule has 0 saturated carbocycles. The monoisotopic (exact) mass is 250 g/mol. The standard InChI is InChI=1S/C6H4Br2O/c7-6(8)4-2-1-3-5(6)9/h1-4H. The third-order valence-electron chi connectivity index (χ3n) is 0.993. The lowest BCUT2D eigenvalue weighted by Crippen LogP contribution is -2.21. The predicted octanol–water partition coefficient (Wildman–Crippen LogP) is 2.17. The van der Waals surface area contributed by atoms with Gasteiger partial charge >= 0.3 is 0 Å². The fourth-order valence-corrected chi connectivity index (χ4v) is 1.08. The molecule has 48 valence electrons. The number of carbonyl (C=O) groups is 1. The number of allylic oxidation sites excluding steroid dienone is 4. The second-order valence-corrected chi connectivity index (χ2v) is 5.27. The van der Waals surface area contributed by atoms with E-state index in [4.69, 9.17) is 0 Å². The van der Waals surface area contributed by atoms with Gasteiger partial charge in [0.15, 0.2) is 9.02 Å². The van der Waals surface area contributed by atoms with E-state index in [1.165, 1.54) is 6.08 Å². The average Bonchev–Trinajstić information content (AvgIpc) is 1.77. The summed E-state index contributed by atoms with van der Waals surface area (Å²) in [6.45, 7) is 0. The van der Waals surface area contributed by atoms with Crippen molar-refractivity contribution >= 4 is 37.6 Å². The zero-order chi connectivity index (χ0) is 6.91. The SMILES string of the molecule is O=C1C=CC=CC1(Br)Br. The minimum atomic E-state index is -0.644. The summed E-state index contributed by atoms with van der Waals surface area (Å²) in [4.78, 5) is 10.9. The van der Waals surface area contributed by atoms with E-state index in [1.807, 2.05) is 6.08 Å². The highest BCUT2D eigenvalue weighted by Crippen LogP contribution is 2.31. The summed E-state index contributed by atoms with van der Waals surface area (Å²) in [6.07, 6.45) is 6.78. The highest BCUT2D eigenvalue weighted by Gasteiger charge is 2.27. The fourth-order valence-electron chi connectivity index (χ4n) is 0.513. The Kier molecular flexibility index (Phi) is 1.91. The highest BCUT2D eigenvalue weighted by molar-refractivity contribution is 9.26. The fraction of sp³-hybridized carbons (Fsp3) is 0.167. The van der Waals surface area contributed by atoms with Crippen molar-refractivity contribution in [3.8, 4) is 0 Å². The van der Waals surface area contributed by atoms with Crippen LogP contribution in [0.1, 0.15) is 0 Å². The Morgan fingerprint density at radius 2 is 2.00 bits per heavy atom. The van der Waals surface area contributed by atoms with Crippen LogP contribution >= 0.6 is 31.9 Å². The van der Waals surface area contributed by atoms with Crippen LogP contribution in [0.15, 0.2) is 24.3 Å². The molecule has 1 aliphatic carbocycles. The average molecular weight is 252 g/mol. The van der Waals surface area contributed by atoms with E-state index in [2.05, 4.69) is 31.9 Å². The van der Waals surface area contributed by atoms with Crippen LogP contribution in [0.2, 0.25) is 0 Å². The van der Waals surface area contributed by atoms with Crippen molar-refractivity contribution in [1.29, 1.82) is 0 Å². The van der Waals surface area contributed by atoms with E-state index in [0.29, 0.717) is 0 Å². The summed E-state index contributed by atoms with van der Waals surface area (Å²) in [6, 6.07) is 0. The van der Waals surface area contributed by atoms with Gasteiger partial charge in [0.2, 0.25) is 0 Å². The van der Waals surface area contributed by atoms with Crippen LogP contribution < -0.4 is 0 Å². The topological polar surface area (TPSA) is 17.1 Å². The lowest BCUT2D eigenvalue weighted by Gasteiger charge is -2.12. The minimum absolute atomic E-state index is 0.0185. The first-order chi connectivity index (χ1) is 4.13. The Hall–Kier alpha value is 0.110. The molecule has 0 saturated heterocycles. The van der Waals surface area contributed by atoms with E-state index in [1.54, 1.807) is 12.2 Å². The number of carbonyl (C=O) groups excluding carboxylic acids is 1. The summed E-state index contributed by atoms with van der Waals surface area (Å²) >= 11 is 6.37. The molecule has 0 heterocycles. The van der Waals surface area contributed by atoms with Gasteiger partial charge < -0.3 is 0 Å². The number of rotatable bonds is 0. The van der Waals surface area contributed by atoms with Crippen LogP contribution in [0.25, 0.3) is 0 Å². The maximum absolute atomic E-state index is 10.9. The van der Waals surface area contributed by atoms with Gasteiger partial charge in [-0.2, -0.15) is 0 Å². The zero-order valence-corrected chi connectivity index (χ0v) is 7.65. The maximum atomic E-state index is 10.9. The molecule has 0 aromatic carbocycles. The van der Waals surface area contributed by atoms with Gasteiger partial charge in [-0.1, -0.05) is 44.0 Å². The third-order valence-corrected chi connectivity index (χ3v) is 2.30. The Bertz CT molecular complexity index is 191. The normalized spacial score (nSPS) is 22.7. The lowest BCUT2D eigenvalue weighted by molar-refractivity contribution is -0.113. The summed E-state index contributed by atoms with van der Waals surface area (Å²) in [5.74, 6) is 0.0185. The van der Waals surface area contributed by atoms with E-state index in [-0.39, 0.29) is 5.78 Å². The number of hydrogen-bond acceptors (Lipinski definition) is 1. The van der Waals surface area contributed by atoms with Crippen LogP contribution in [0, 0.1) is 0 Å². The van der Waals surface area contributed by atoms with Gasteiger partial charge in [0.1, 0.15) is 0 Å². The first kappa shape index (κ1) is 7.22. The summed E-state index contributed by atoms with van der Waals surface area (Å²) < 4.78 is -0.644. The molecule has 0 unspecified atom stereocenters. The van der Waals surface area contributed by atoms with Gasteiger partial charge in [0.05, 0.1) is 0 Å². The number of hydrogen-bond donors (Lipinski definition) is 0. The first-order valence-electron chi connectivity index (χ1n) is 2.41. The van der Waals surface area contributed by atoms with Crippen LogP contribution in [-0.2, 0) is 4.79 Å². The molecule has 0 N–H and O–H groups in total. The van der Waals surface area contributed by atoms with Crippen molar-refractivity contribution in [3.63, 3.8) is 0 Å². The van der Waals surface area contributed by atoms with Gasteiger partial charge in [0.25, 0.3) is 0 Å². The van der Waals surface area contributed by atoms with E-state index in [0.717, 1.165) is 0 Å². The molecule has 0 bridgehead atoms. The van der Waals surface area contributed by atoms with Gasteiger partial charge in [-0.3, -0.25) is 4.79 Å². The van der Waals surface area contributed by atoms with Crippen LogP contribution in [0.5, 0.6) is 0 Å². The molecule has 0 aromatic heterocycles. The number of alkyl halides is 2. The van der Waals surface area contributed by atoms with Crippen molar-refractivity contribution in [3.05, 3.63) is 24.3 Å². The zero-order valence-electron chi connectivity index (χ0n) is 4.47. The number of ketones is 1. The molecule has 0 amide bonds. The van der Waals surface area contributed by atoms with Crippen molar-refractivity contribution < 1.29 is 4.79 Å². The lowest BCUT2D eigenvalue weighted by atomic mass is 10.2. The predicted molar refractivity (Wildman–Crippen MR) is 43.9 cm³/mol.